The second-order valence-corrected chi connectivity index (χ2v) is 11.1. The summed E-state index contributed by atoms with van der Waals surface area (Å²) in [7, 11) is 0. The molecule has 10 unspecified atom stereocenters. The van der Waals surface area contributed by atoms with Gasteiger partial charge >= 0.3 is 0 Å². The van der Waals surface area contributed by atoms with Gasteiger partial charge < -0.3 is 30.0 Å². The summed E-state index contributed by atoms with van der Waals surface area (Å²) in [6.45, 7) is 3.57. The largest absolute Gasteiger partial charge is 0.396 e. The van der Waals surface area contributed by atoms with Gasteiger partial charge in [0, 0.05) is 30.3 Å². The molecule has 2 saturated heterocycles. The lowest BCUT2D eigenvalue weighted by Crippen LogP contribution is -2.84. The third-order valence-electron chi connectivity index (χ3n) is 9.96. The number of hydrogen-bond acceptors (Lipinski definition) is 7. The number of rotatable bonds is 4. The predicted molar refractivity (Wildman–Crippen MR) is 105 cm³/mol. The molecule has 4 saturated carbocycles. The van der Waals surface area contributed by atoms with Crippen molar-refractivity contribution < 1.29 is 34.8 Å². The molecular formula is C23H34O7. The van der Waals surface area contributed by atoms with Crippen LogP contribution in [0, 0.1) is 39.9 Å². The molecule has 0 aromatic heterocycles. The van der Waals surface area contributed by atoms with Gasteiger partial charge in [-0.2, -0.15) is 0 Å². The Morgan fingerprint density at radius 2 is 1.93 bits per heavy atom. The molecule has 4 bridgehead atoms. The fraction of sp³-hybridized carbons (Fsp3) is 0.913. The van der Waals surface area contributed by atoms with Crippen molar-refractivity contribution in [3.63, 3.8) is 0 Å². The van der Waals surface area contributed by atoms with Gasteiger partial charge in [0.1, 0.15) is 17.3 Å². The smallest absolute Gasteiger partial charge is 0.208 e. The molecule has 10 atom stereocenters. The minimum absolute atomic E-state index is 0.00222. The van der Waals surface area contributed by atoms with E-state index in [9.17, 15) is 30.0 Å². The van der Waals surface area contributed by atoms with E-state index in [1.165, 1.54) is 6.92 Å². The van der Waals surface area contributed by atoms with E-state index in [1.54, 1.807) is 0 Å². The molecule has 2 heterocycles. The number of ketones is 2. The minimum Gasteiger partial charge on any atom is -0.396 e. The average Bonchev–Trinajstić information content (AvgIpc) is 2.82. The Morgan fingerprint density at radius 1 is 1.20 bits per heavy atom. The fourth-order valence-electron chi connectivity index (χ4n) is 8.88. The highest BCUT2D eigenvalue weighted by molar-refractivity contribution is 5.93. The Bertz CT molecular complexity index is 784. The van der Waals surface area contributed by atoms with E-state index in [0.29, 0.717) is 19.3 Å². The second kappa shape index (κ2) is 6.35. The van der Waals surface area contributed by atoms with E-state index in [4.69, 9.17) is 4.74 Å². The number of aliphatic hydroxyl groups is 4. The SMILES string of the molecule is CC(=O)CCC1C(=O)C23C(O)C1CCC2C12CCCC(C)(CO)C1C(O)C3(O)OC2. The minimum atomic E-state index is -2.17. The molecule has 0 aromatic carbocycles. The molecule has 4 aliphatic carbocycles. The third-order valence-corrected chi connectivity index (χ3v) is 9.96. The Hall–Kier alpha value is -0.860. The first-order valence-corrected chi connectivity index (χ1v) is 11.5. The third kappa shape index (κ3) is 2.09. The van der Waals surface area contributed by atoms with Crippen LogP contribution in [-0.2, 0) is 14.3 Å². The Morgan fingerprint density at radius 3 is 2.60 bits per heavy atom. The maximum Gasteiger partial charge on any atom is 0.208 e. The molecule has 0 amide bonds. The maximum atomic E-state index is 13.9. The Kier molecular flexibility index (Phi) is 4.45. The first-order valence-electron chi connectivity index (χ1n) is 11.5. The molecule has 7 nitrogen and oxygen atoms in total. The monoisotopic (exact) mass is 422 g/mol. The van der Waals surface area contributed by atoms with Gasteiger partial charge in [-0.3, -0.25) is 4.79 Å². The predicted octanol–water partition coefficient (Wildman–Crippen LogP) is 0.806. The zero-order chi connectivity index (χ0) is 21.7. The molecule has 7 heteroatoms. The quantitative estimate of drug-likeness (QED) is 0.528. The standard InChI is InChI=1S/C23H34O7/c1-12(25)4-5-13-14-6-7-15-21-9-3-8-20(2,10-24)16(21)19(28)23(29,30-11-21)22(15,17(13)26)18(14)27/h13-16,18-19,24,27-29H,3-11H2,1-2H3. The van der Waals surface area contributed by atoms with Gasteiger partial charge in [-0.25, -0.2) is 0 Å². The number of carbonyl (C=O) groups is 2. The molecule has 168 valence electrons. The zero-order valence-electron chi connectivity index (χ0n) is 17.8. The van der Waals surface area contributed by atoms with Crippen molar-refractivity contribution in [1.82, 2.24) is 0 Å². The van der Waals surface area contributed by atoms with Crippen molar-refractivity contribution in [3.05, 3.63) is 0 Å². The molecular weight excluding hydrogens is 388 g/mol. The molecule has 2 aliphatic heterocycles. The number of hydrogen-bond donors (Lipinski definition) is 4. The summed E-state index contributed by atoms with van der Waals surface area (Å²) in [5.41, 5.74) is -2.69. The van der Waals surface area contributed by atoms with E-state index in [0.717, 1.165) is 19.3 Å². The number of ether oxygens (including phenoxy) is 1. The fourth-order valence-corrected chi connectivity index (χ4v) is 8.88. The van der Waals surface area contributed by atoms with E-state index < -0.39 is 46.1 Å². The van der Waals surface area contributed by atoms with Gasteiger partial charge in [0.15, 0.2) is 5.78 Å². The average molecular weight is 423 g/mol. The van der Waals surface area contributed by atoms with Crippen LogP contribution in [-0.4, -0.2) is 63.2 Å². The van der Waals surface area contributed by atoms with Crippen molar-refractivity contribution in [3.8, 4) is 0 Å². The first kappa shape index (κ1) is 21.0. The molecule has 6 rings (SSSR count). The summed E-state index contributed by atoms with van der Waals surface area (Å²) in [5.74, 6) is -3.93. The van der Waals surface area contributed by atoms with Gasteiger partial charge in [0.05, 0.1) is 12.7 Å². The van der Waals surface area contributed by atoms with Crippen LogP contribution in [0.3, 0.4) is 0 Å². The van der Waals surface area contributed by atoms with Crippen molar-refractivity contribution in [1.29, 1.82) is 0 Å². The number of fused-ring (bicyclic) bond motifs is 2. The molecule has 30 heavy (non-hydrogen) atoms. The van der Waals surface area contributed by atoms with Crippen LogP contribution in [0.15, 0.2) is 0 Å². The van der Waals surface area contributed by atoms with Crippen LogP contribution in [0.2, 0.25) is 0 Å². The van der Waals surface area contributed by atoms with E-state index in [2.05, 4.69) is 0 Å². The van der Waals surface area contributed by atoms with Crippen LogP contribution in [0.25, 0.3) is 0 Å². The lowest BCUT2D eigenvalue weighted by molar-refractivity contribution is -0.450. The summed E-state index contributed by atoms with van der Waals surface area (Å²) in [6, 6.07) is 0. The first-order chi connectivity index (χ1) is 14.1. The van der Waals surface area contributed by atoms with Crippen LogP contribution < -0.4 is 0 Å². The summed E-state index contributed by atoms with van der Waals surface area (Å²) in [5, 5.41) is 45.1. The van der Waals surface area contributed by atoms with Gasteiger partial charge in [-0.05, 0) is 56.3 Å². The lowest BCUT2D eigenvalue weighted by Gasteiger charge is -2.74. The Labute approximate surface area is 176 Å². The summed E-state index contributed by atoms with van der Waals surface area (Å²) in [4.78, 5) is 25.5. The van der Waals surface area contributed by atoms with Crippen molar-refractivity contribution in [2.45, 2.75) is 76.8 Å². The lowest BCUT2D eigenvalue weighted by atomic mass is 9.36. The van der Waals surface area contributed by atoms with E-state index >= 15 is 0 Å². The van der Waals surface area contributed by atoms with Gasteiger partial charge in [0.2, 0.25) is 5.79 Å². The highest BCUT2D eigenvalue weighted by Gasteiger charge is 2.86. The number of carbonyl (C=O) groups excluding carboxylic acids is 2. The highest BCUT2D eigenvalue weighted by atomic mass is 16.6. The van der Waals surface area contributed by atoms with E-state index in [1.807, 2.05) is 6.92 Å². The molecule has 6 aliphatic rings. The molecule has 4 N–H and O–H groups in total. The number of Topliss-reactive ketones (excluding diaryl/α,β-unsaturated/α-hetero) is 2. The Balaban J connectivity index is 1.66. The van der Waals surface area contributed by atoms with Crippen LogP contribution in [0.5, 0.6) is 0 Å². The van der Waals surface area contributed by atoms with Gasteiger partial charge in [-0.1, -0.05) is 13.3 Å². The molecule has 2 spiro atoms. The van der Waals surface area contributed by atoms with Crippen LogP contribution in [0.4, 0.5) is 0 Å². The maximum absolute atomic E-state index is 13.9. The number of aliphatic hydroxyl groups excluding tert-OH is 3. The molecule has 6 fully saturated rings. The zero-order valence-corrected chi connectivity index (χ0v) is 17.8. The normalized spacial score (nSPS) is 56.5. The van der Waals surface area contributed by atoms with Crippen molar-refractivity contribution >= 4 is 11.6 Å². The summed E-state index contributed by atoms with van der Waals surface area (Å²) in [6.07, 6.45) is 1.85. The molecule has 0 radical (unpaired) electrons. The van der Waals surface area contributed by atoms with Gasteiger partial charge in [-0.15, -0.1) is 0 Å². The second-order valence-electron chi connectivity index (χ2n) is 11.1. The van der Waals surface area contributed by atoms with Crippen LogP contribution in [0.1, 0.15) is 58.8 Å². The van der Waals surface area contributed by atoms with Crippen molar-refractivity contribution in [2.24, 2.45) is 39.9 Å². The molecule has 0 aromatic rings. The summed E-state index contributed by atoms with van der Waals surface area (Å²) < 4.78 is 5.96. The van der Waals surface area contributed by atoms with Gasteiger partial charge in [0.25, 0.3) is 0 Å². The van der Waals surface area contributed by atoms with E-state index in [-0.39, 0.29) is 43.0 Å². The highest BCUT2D eigenvalue weighted by Crippen LogP contribution is 2.76. The summed E-state index contributed by atoms with van der Waals surface area (Å²) >= 11 is 0. The van der Waals surface area contributed by atoms with Crippen LogP contribution >= 0.6 is 0 Å². The van der Waals surface area contributed by atoms with Crippen molar-refractivity contribution in [2.75, 3.05) is 13.2 Å². The topological polar surface area (TPSA) is 124 Å².